The highest BCUT2D eigenvalue weighted by molar-refractivity contribution is 7.16. The zero-order valence-corrected chi connectivity index (χ0v) is 18.3. The lowest BCUT2D eigenvalue weighted by atomic mass is 9.88. The number of furan rings is 1. The van der Waals surface area contributed by atoms with Gasteiger partial charge in [-0.25, -0.2) is 4.39 Å². The molecule has 1 N–H and O–H groups in total. The molecule has 4 nitrogen and oxygen atoms in total. The van der Waals surface area contributed by atoms with E-state index in [9.17, 15) is 4.79 Å². The van der Waals surface area contributed by atoms with Gasteiger partial charge in [-0.1, -0.05) is 24.6 Å². The maximum atomic E-state index is 15.1. The van der Waals surface area contributed by atoms with E-state index in [2.05, 4.69) is 10.2 Å². The molecule has 1 amide bonds. The maximum Gasteiger partial charge on any atom is 0.291 e. The number of rotatable bonds is 5. The van der Waals surface area contributed by atoms with Gasteiger partial charge in [0.2, 0.25) is 0 Å². The Morgan fingerprint density at radius 2 is 1.84 bits per heavy atom. The molecule has 3 heterocycles. The van der Waals surface area contributed by atoms with Crippen molar-refractivity contribution in [1.29, 1.82) is 0 Å². The molecule has 0 unspecified atom stereocenters. The smallest absolute Gasteiger partial charge is 0.291 e. The number of carbonyl (C=O) groups excluding carboxylic acids is 1. The Labute approximate surface area is 186 Å². The largest absolute Gasteiger partial charge is 0.459 e. The fraction of sp³-hybridized carbons (Fsp3) is 0.400. The number of likely N-dealkylation sites (tertiary alicyclic amines) is 1. The van der Waals surface area contributed by atoms with Gasteiger partial charge in [0.25, 0.3) is 5.91 Å². The third-order valence-electron chi connectivity index (χ3n) is 6.41. The number of hydrogen-bond acceptors (Lipinski definition) is 4. The summed E-state index contributed by atoms with van der Waals surface area (Å²) in [5.74, 6) is -0.148. The van der Waals surface area contributed by atoms with Crippen LogP contribution >= 0.6 is 11.3 Å². The molecule has 1 aliphatic carbocycles. The van der Waals surface area contributed by atoms with Gasteiger partial charge in [-0.3, -0.25) is 9.69 Å². The molecule has 0 saturated carbocycles. The first-order valence-electron chi connectivity index (χ1n) is 11.2. The van der Waals surface area contributed by atoms with Gasteiger partial charge in [-0.2, -0.15) is 0 Å². The maximum absolute atomic E-state index is 15.1. The van der Waals surface area contributed by atoms with Crippen molar-refractivity contribution >= 4 is 22.2 Å². The van der Waals surface area contributed by atoms with Crippen molar-refractivity contribution in [2.75, 3.05) is 18.4 Å². The lowest BCUT2D eigenvalue weighted by molar-refractivity contribution is 0.0996. The van der Waals surface area contributed by atoms with Gasteiger partial charge in [0.15, 0.2) is 5.76 Å². The fourth-order valence-corrected chi connectivity index (χ4v) is 6.27. The van der Waals surface area contributed by atoms with E-state index in [1.54, 1.807) is 35.6 Å². The molecule has 1 atom stereocenters. The topological polar surface area (TPSA) is 45.5 Å². The number of anilines is 1. The highest BCUT2D eigenvalue weighted by Crippen LogP contribution is 2.46. The number of aryl methyl sites for hydroxylation is 1. The summed E-state index contributed by atoms with van der Waals surface area (Å²) in [7, 11) is 0. The second kappa shape index (κ2) is 8.97. The average molecular weight is 439 g/mol. The first-order chi connectivity index (χ1) is 15.2. The van der Waals surface area contributed by atoms with Crippen LogP contribution in [0.2, 0.25) is 0 Å². The number of fused-ring (bicyclic) bond motifs is 1. The zero-order valence-electron chi connectivity index (χ0n) is 17.5. The van der Waals surface area contributed by atoms with Gasteiger partial charge >= 0.3 is 0 Å². The number of nitrogens with zero attached hydrogens (tertiary/aromatic N) is 1. The number of benzene rings is 1. The monoisotopic (exact) mass is 438 g/mol. The van der Waals surface area contributed by atoms with E-state index in [-0.39, 0.29) is 23.5 Å². The molecule has 162 valence electrons. The van der Waals surface area contributed by atoms with Crippen LogP contribution in [0.5, 0.6) is 0 Å². The van der Waals surface area contributed by atoms with E-state index in [0.717, 1.165) is 62.2 Å². The predicted octanol–water partition coefficient (Wildman–Crippen LogP) is 6.19. The summed E-state index contributed by atoms with van der Waals surface area (Å²) < 4.78 is 20.4. The minimum atomic E-state index is -0.254. The molecule has 0 radical (unpaired) electrons. The molecule has 1 fully saturated rings. The zero-order chi connectivity index (χ0) is 21.2. The molecule has 2 aliphatic rings. The minimum Gasteiger partial charge on any atom is -0.459 e. The van der Waals surface area contributed by atoms with Gasteiger partial charge in [0.05, 0.1) is 12.3 Å². The second-order valence-corrected chi connectivity index (χ2v) is 9.51. The SMILES string of the molecule is O=C(Nc1sc2c(c1[C@@H](c1ccccc1F)N1CCCCC1)CCCC2)c1ccco1. The van der Waals surface area contributed by atoms with Crippen molar-refractivity contribution in [3.8, 4) is 0 Å². The molecule has 3 aromatic rings. The van der Waals surface area contributed by atoms with Crippen molar-refractivity contribution in [3.63, 3.8) is 0 Å². The van der Waals surface area contributed by atoms with Crippen LogP contribution < -0.4 is 5.32 Å². The molecule has 1 aromatic carbocycles. The fourth-order valence-electron chi connectivity index (χ4n) is 4.95. The summed E-state index contributed by atoms with van der Waals surface area (Å²) >= 11 is 1.66. The van der Waals surface area contributed by atoms with Crippen LogP contribution in [0.1, 0.15) is 70.3 Å². The summed E-state index contributed by atoms with van der Waals surface area (Å²) in [6.45, 7) is 1.88. The Bertz CT molecular complexity index is 1050. The molecule has 2 aromatic heterocycles. The van der Waals surface area contributed by atoms with Crippen molar-refractivity contribution < 1.29 is 13.6 Å². The molecule has 1 aliphatic heterocycles. The lowest BCUT2D eigenvalue weighted by Gasteiger charge is -2.36. The van der Waals surface area contributed by atoms with E-state index in [4.69, 9.17) is 4.42 Å². The highest BCUT2D eigenvalue weighted by Gasteiger charge is 2.34. The summed E-state index contributed by atoms with van der Waals surface area (Å²) in [5.41, 5.74) is 3.10. The van der Waals surface area contributed by atoms with Crippen LogP contribution in [0.15, 0.2) is 47.1 Å². The van der Waals surface area contributed by atoms with Gasteiger partial charge in [0, 0.05) is 16.0 Å². The molecular formula is C25H27FN2O2S. The summed E-state index contributed by atoms with van der Waals surface area (Å²) in [6, 6.07) is 10.3. The standard InChI is InChI=1S/C25H27FN2O2S/c26-19-11-4-2-9-17(19)23(28-14-6-1-7-15-28)22-18-10-3-5-13-21(18)31-25(22)27-24(29)20-12-8-16-30-20/h2,4,8-9,11-12,16,23H,1,3,5-7,10,13-15H2,(H,27,29)/t23-/m1/s1. The second-order valence-electron chi connectivity index (χ2n) is 8.41. The third kappa shape index (κ3) is 4.06. The first-order valence-corrected chi connectivity index (χ1v) is 12.0. The highest BCUT2D eigenvalue weighted by atomic mass is 32.1. The Balaban J connectivity index is 1.63. The number of nitrogens with one attached hydrogen (secondary N) is 1. The summed E-state index contributed by atoms with van der Waals surface area (Å²) in [6.07, 6.45) is 9.25. The van der Waals surface area contributed by atoms with Crippen molar-refractivity contribution in [3.05, 3.63) is 75.8 Å². The van der Waals surface area contributed by atoms with Crippen LogP contribution in [-0.2, 0) is 12.8 Å². The summed E-state index contributed by atoms with van der Waals surface area (Å²) in [5, 5.41) is 3.96. The van der Waals surface area contributed by atoms with Crippen LogP contribution in [0.4, 0.5) is 9.39 Å². The molecule has 31 heavy (non-hydrogen) atoms. The van der Waals surface area contributed by atoms with Crippen LogP contribution in [0.25, 0.3) is 0 Å². The number of carbonyl (C=O) groups is 1. The Kier molecular flexibility index (Phi) is 5.92. The van der Waals surface area contributed by atoms with Gasteiger partial charge in [-0.05, 0) is 75.4 Å². The van der Waals surface area contributed by atoms with Crippen molar-refractivity contribution in [1.82, 2.24) is 4.90 Å². The van der Waals surface area contributed by atoms with E-state index < -0.39 is 0 Å². The normalized spacial score (nSPS) is 17.8. The number of halogens is 1. The molecular weight excluding hydrogens is 411 g/mol. The van der Waals surface area contributed by atoms with Crippen LogP contribution in [0, 0.1) is 5.82 Å². The third-order valence-corrected chi connectivity index (χ3v) is 7.64. The van der Waals surface area contributed by atoms with E-state index in [0.29, 0.717) is 5.56 Å². The molecule has 0 bridgehead atoms. The van der Waals surface area contributed by atoms with E-state index in [1.165, 1.54) is 23.1 Å². The van der Waals surface area contributed by atoms with Crippen LogP contribution in [0.3, 0.4) is 0 Å². The quantitative estimate of drug-likeness (QED) is 0.517. The molecule has 1 saturated heterocycles. The van der Waals surface area contributed by atoms with E-state index >= 15 is 4.39 Å². The predicted molar refractivity (Wildman–Crippen MR) is 121 cm³/mol. The summed E-state index contributed by atoms with van der Waals surface area (Å²) in [4.78, 5) is 16.6. The first kappa shape index (κ1) is 20.5. The Hall–Kier alpha value is -2.44. The Morgan fingerprint density at radius 1 is 1.03 bits per heavy atom. The van der Waals surface area contributed by atoms with Crippen molar-refractivity contribution in [2.24, 2.45) is 0 Å². The van der Waals surface area contributed by atoms with Gasteiger partial charge in [-0.15, -0.1) is 11.3 Å². The number of thiophene rings is 1. The molecule has 0 spiro atoms. The molecule has 6 heteroatoms. The average Bonchev–Trinajstić information content (AvgIpc) is 3.45. The number of hydrogen-bond donors (Lipinski definition) is 1. The van der Waals surface area contributed by atoms with Gasteiger partial charge < -0.3 is 9.73 Å². The number of amides is 1. The minimum absolute atomic E-state index is 0.183. The number of piperidine rings is 1. The van der Waals surface area contributed by atoms with Crippen molar-refractivity contribution in [2.45, 2.75) is 51.0 Å². The lowest BCUT2D eigenvalue weighted by Crippen LogP contribution is -2.35. The van der Waals surface area contributed by atoms with Gasteiger partial charge in [0.1, 0.15) is 10.8 Å². The Morgan fingerprint density at radius 3 is 2.61 bits per heavy atom. The van der Waals surface area contributed by atoms with Crippen LogP contribution in [-0.4, -0.2) is 23.9 Å². The molecule has 5 rings (SSSR count). The van der Waals surface area contributed by atoms with E-state index in [1.807, 2.05) is 12.1 Å².